The summed E-state index contributed by atoms with van der Waals surface area (Å²) < 4.78 is 53.1. The van der Waals surface area contributed by atoms with Crippen molar-refractivity contribution in [2.45, 2.75) is 189 Å². The van der Waals surface area contributed by atoms with Gasteiger partial charge in [-0.15, -0.1) is 0 Å². The molecule has 63 heavy (non-hydrogen) atoms. The molecule has 0 radical (unpaired) electrons. The van der Waals surface area contributed by atoms with Crippen LogP contribution in [-0.4, -0.2) is 184 Å². The van der Waals surface area contributed by atoms with E-state index in [9.17, 15) is 50.4 Å². The van der Waals surface area contributed by atoms with Crippen LogP contribution >= 0.6 is 0 Å². The van der Waals surface area contributed by atoms with Crippen molar-refractivity contribution < 1.29 is 93.1 Å². The summed E-state index contributed by atoms with van der Waals surface area (Å²) in [4.78, 5) is 24.5. The Hall–Kier alpha value is -1.92. The van der Waals surface area contributed by atoms with Crippen LogP contribution in [0.1, 0.15) is 85.5 Å². The number of esters is 2. The fourth-order valence-corrected chi connectivity index (χ4v) is 13.3. The average molecular weight is 901 g/mol. The van der Waals surface area contributed by atoms with Crippen LogP contribution in [-0.2, 0) is 52.2 Å². The number of carbonyl (C=O) groups is 2. The Balaban J connectivity index is 0.874. The van der Waals surface area contributed by atoms with Crippen molar-refractivity contribution in [1.29, 1.82) is 0 Å². The minimum Gasteiger partial charge on any atom is -0.462 e. The normalized spacial score (nSPS) is 52.3. The second kappa shape index (κ2) is 18.3. The predicted molar refractivity (Wildman–Crippen MR) is 213 cm³/mol. The molecule has 3 saturated heterocycles. The molecular formula is C44H68O19. The van der Waals surface area contributed by atoms with Crippen LogP contribution in [0.2, 0.25) is 0 Å². The van der Waals surface area contributed by atoms with Gasteiger partial charge in [-0.05, 0) is 80.6 Å². The Morgan fingerprint density at radius 3 is 2.19 bits per heavy atom. The number of ether oxygens (including phenoxy) is 9. The Kier molecular flexibility index (Phi) is 13.8. The van der Waals surface area contributed by atoms with E-state index in [4.69, 9.17) is 42.6 Å². The lowest BCUT2D eigenvalue weighted by Gasteiger charge is -2.63. The van der Waals surface area contributed by atoms with Gasteiger partial charge >= 0.3 is 11.9 Å². The highest BCUT2D eigenvalue weighted by atomic mass is 16.8. The van der Waals surface area contributed by atoms with E-state index >= 15 is 0 Å². The van der Waals surface area contributed by atoms with Gasteiger partial charge in [0.05, 0.1) is 37.1 Å². The standard InChI is InChI=1S/C44H68O19/c1-19-39(63-41-38(53)36(51)34(49)29(62-41)18-57-40-37(52)35(50)33(48)28(16-45)61-40)26(55-5)14-31(58-19)60-23-8-10-42(3)22(13-23)6-7-25-24(42)9-11-43(4)32(21-12-30(47)56-17-21)27(59-20(2)46)15-44(25,43)54/h12,19,22-29,31-41,45,48-54H,6-11,13-18H2,1-5H3/t19-,22+,23-,24-,25+,26+,27-,28+,29+,31-,32-,33+,34+,35-,36-,37+,38+,39-,40+,41-,42-,43+,44-/m0/s1. The van der Waals surface area contributed by atoms with Crippen LogP contribution in [0.4, 0.5) is 0 Å². The number of fused-ring (bicyclic) bond motifs is 5. The van der Waals surface area contributed by atoms with Crippen molar-refractivity contribution >= 4 is 11.9 Å². The van der Waals surface area contributed by atoms with Crippen LogP contribution in [0, 0.1) is 34.5 Å². The number of cyclic esters (lactones) is 1. The van der Waals surface area contributed by atoms with Gasteiger partial charge in [-0.3, -0.25) is 4.79 Å². The molecule has 0 spiro atoms. The van der Waals surface area contributed by atoms with E-state index in [1.54, 1.807) is 6.92 Å². The van der Waals surface area contributed by atoms with E-state index in [0.717, 1.165) is 50.5 Å². The second-order valence-corrected chi connectivity index (χ2v) is 20.0. The lowest BCUT2D eigenvalue weighted by molar-refractivity contribution is -0.355. The summed E-state index contributed by atoms with van der Waals surface area (Å²) in [6.45, 7) is 6.62. The van der Waals surface area contributed by atoms with E-state index in [0.29, 0.717) is 12.3 Å². The topological polar surface area (TPSA) is 279 Å². The summed E-state index contributed by atoms with van der Waals surface area (Å²) in [7, 11) is 1.52. The molecule has 0 amide bonds. The highest BCUT2D eigenvalue weighted by Gasteiger charge is 2.71. The molecule has 23 atom stereocenters. The first-order valence-corrected chi connectivity index (χ1v) is 22.7. The molecule has 7 fully saturated rings. The first kappa shape index (κ1) is 47.6. The van der Waals surface area contributed by atoms with Crippen molar-refractivity contribution in [3.8, 4) is 0 Å². The van der Waals surface area contributed by atoms with Gasteiger partial charge in [-0.1, -0.05) is 13.8 Å². The molecule has 4 aliphatic heterocycles. The lowest BCUT2D eigenvalue weighted by atomic mass is 9.43. The molecule has 0 bridgehead atoms. The Labute approximate surface area is 366 Å². The summed E-state index contributed by atoms with van der Waals surface area (Å²) in [5.74, 6) is -0.528. The quantitative estimate of drug-likeness (QED) is 0.0943. The van der Waals surface area contributed by atoms with E-state index in [-0.39, 0.29) is 42.3 Å². The molecule has 19 nitrogen and oxygen atoms in total. The molecule has 0 aromatic heterocycles. The van der Waals surface area contributed by atoms with E-state index in [1.807, 2.05) is 0 Å². The maximum absolute atomic E-state index is 12.9. The fraction of sp³-hybridized carbons (Fsp3) is 0.909. The number of carbonyl (C=O) groups excluding carboxylic acids is 2. The molecule has 358 valence electrons. The summed E-state index contributed by atoms with van der Waals surface area (Å²) in [5.41, 5.74) is -0.944. The molecule has 0 unspecified atom stereocenters. The summed E-state index contributed by atoms with van der Waals surface area (Å²) in [5, 5.41) is 85.4. The van der Waals surface area contributed by atoms with Crippen LogP contribution in [0.25, 0.3) is 0 Å². The Morgan fingerprint density at radius 1 is 0.825 bits per heavy atom. The lowest BCUT2D eigenvalue weighted by Crippen LogP contribution is -2.63. The van der Waals surface area contributed by atoms with Crippen molar-refractivity contribution in [2.75, 3.05) is 26.9 Å². The van der Waals surface area contributed by atoms with Gasteiger partial charge in [-0.25, -0.2) is 4.79 Å². The Bertz CT molecular complexity index is 1680. The predicted octanol–water partition coefficient (Wildman–Crippen LogP) is -0.671. The number of aliphatic hydroxyl groups is 8. The SMILES string of the molecule is CO[C@@H]1C[C@H](O[C@H]2CC[C@@]3(C)[C@H](CC[C@@H]4[C@@H]3CC[C@]3(C)[C@@H](C5=CC(=O)OC5)[C@@H](OC(C)=O)C[C@]43O)C2)O[C@@H](C)[C@@H]1O[C@@H]1O[C@H](CO[C@@H]2O[C@H](CO)[C@@H](O)[C@H](O)[C@H]2O)[C@@H](O)[C@H](O)[C@H]1O. The van der Waals surface area contributed by atoms with Gasteiger partial charge in [-0.2, -0.15) is 0 Å². The molecule has 19 heteroatoms. The van der Waals surface area contributed by atoms with E-state index in [2.05, 4.69) is 13.8 Å². The summed E-state index contributed by atoms with van der Waals surface area (Å²) in [6.07, 6.45) is -10.8. The van der Waals surface area contributed by atoms with Crippen LogP contribution < -0.4 is 0 Å². The fourth-order valence-electron chi connectivity index (χ4n) is 13.3. The molecule has 4 saturated carbocycles. The zero-order valence-electron chi connectivity index (χ0n) is 36.7. The first-order valence-electron chi connectivity index (χ1n) is 22.7. The zero-order chi connectivity index (χ0) is 45.3. The van der Waals surface area contributed by atoms with Crippen molar-refractivity contribution in [3.05, 3.63) is 11.6 Å². The molecule has 0 aromatic rings. The minimum absolute atomic E-state index is 0.000125. The van der Waals surface area contributed by atoms with Crippen molar-refractivity contribution in [1.82, 2.24) is 0 Å². The van der Waals surface area contributed by atoms with Crippen LogP contribution in [0.5, 0.6) is 0 Å². The number of aliphatic hydroxyl groups excluding tert-OH is 7. The maximum atomic E-state index is 12.9. The molecule has 4 heterocycles. The van der Waals surface area contributed by atoms with Crippen molar-refractivity contribution in [3.63, 3.8) is 0 Å². The van der Waals surface area contributed by atoms with Gasteiger partial charge in [0.15, 0.2) is 18.9 Å². The highest BCUT2D eigenvalue weighted by molar-refractivity contribution is 5.85. The molecule has 4 aliphatic carbocycles. The third-order valence-electron chi connectivity index (χ3n) is 16.7. The molecule has 8 aliphatic rings. The summed E-state index contributed by atoms with van der Waals surface area (Å²) in [6, 6.07) is 0. The number of methoxy groups -OCH3 is 1. The van der Waals surface area contributed by atoms with Crippen molar-refractivity contribution in [2.24, 2.45) is 34.5 Å². The van der Waals surface area contributed by atoms with E-state index in [1.165, 1.54) is 20.1 Å². The summed E-state index contributed by atoms with van der Waals surface area (Å²) >= 11 is 0. The van der Waals surface area contributed by atoms with Crippen LogP contribution in [0.3, 0.4) is 0 Å². The zero-order valence-corrected chi connectivity index (χ0v) is 36.7. The minimum atomic E-state index is -1.72. The smallest absolute Gasteiger partial charge is 0.331 e. The largest absolute Gasteiger partial charge is 0.462 e. The monoisotopic (exact) mass is 900 g/mol. The second-order valence-electron chi connectivity index (χ2n) is 20.0. The molecule has 0 aromatic carbocycles. The van der Waals surface area contributed by atoms with Gasteiger partial charge in [0.2, 0.25) is 0 Å². The number of hydrogen-bond donors (Lipinski definition) is 8. The number of hydrogen-bond acceptors (Lipinski definition) is 19. The Morgan fingerprint density at radius 2 is 1.52 bits per heavy atom. The molecular weight excluding hydrogens is 832 g/mol. The molecule has 8 N–H and O–H groups in total. The van der Waals surface area contributed by atoms with Gasteiger partial charge in [0, 0.05) is 44.3 Å². The van der Waals surface area contributed by atoms with Crippen LogP contribution in [0.15, 0.2) is 11.6 Å². The highest BCUT2D eigenvalue weighted by Crippen LogP contribution is 2.70. The average Bonchev–Trinajstić information content (AvgIpc) is 3.76. The van der Waals surface area contributed by atoms with Gasteiger partial charge < -0.3 is 83.5 Å². The third-order valence-corrected chi connectivity index (χ3v) is 16.7. The van der Waals surface area contributed by atoms with Gasteiger partial charge in [0.25, 0.3) is 0 Å². The third kappa shape index (κ3) is 8.43. The van der Waals surface area contributed by atoms with E-state index < -0.39 is 128 Å². The molecule has 8 rings (SSSR count). The first-order chi connectivity index (χ1) is 29.8. The van der Waals surface area contributed by atoms with Gasteiger partial charge in [0.1, 0.15) is 67.6 Å². The number of rotatable bonds is 11. The maximum Gasteiger partial charge on any atom is 0.331 e.